The zero-order valence-corrected chi connectivity index (χ0v) is 12.5. The summed E-state index contributed by atoms with van der Waals surface area (Å²) in [7, 11) is -2.61. The van der Waals surface area contributed by atoms with Crippen LogP contribution in [0.25, 0.3) is 0 Å². The Labute approximate surface area is 114 Å². The highest BCUT2D eigenvalue weighted by Gasteiger charge is 2.37. The van der Waals surface area contributed by atoms with E-state index in [1.54, 1.807) is 0 Å². The first-order valence-corrected chi connectivity index (χ1v) is 7.99. The largest absolute Gasteiger partial charge is 0.468 e. The molecule has 0 saturated heterocycles. The normalized spacial score (nSPS) is 21.9. The standard InChI is InChI=1S/C12H23NO5S/c1-11(2)4-6-12(15,7-5-11)9-13-19(16,17)8-10(14)18-3/h13,15H,4-9H2,1-3H3. The third-order valence-electron chi connectivity index (χ3n) is 3.69. The number of aliphatic hydroxyl groups is 1. The third-order valence-corrected chi connectivity index (χ3v) is 4.89. The molecule has 2 N–H and O–H groups in total. The second-order valence-electron chi connectivity index (χ2n) is 6.04. The predicted octanol–water partition coefficient (Wildman–Crippen LogP) is 0.410. The number of carbonyl (C=O) groups is 1. The molecule has 1 aliphatic carbocycles. The van der Waals surface area contributed by atoms with Gasteiger partial charge < -0.3 is 9.84 Å². The molecule has 0 aromatic carbocycles. The maximum atomic E-state index is 11.6. The van der Waals surface area contributed by atoms with Crippen LogP contribution in [-0.4, -0.2) is 44.5 Å². The molecule has 0 aromatic rings. The molecule has 112 valence electrons. The van der Waals surface area contributed by atoms with Gasteiger partial charge in [-0.25, -0.2) is 13.1 Å². The highest BCUT2D eigenvalue weighted by Crippen LogP contribution is 2.39. The van der Waals surface area contributed by atoms with Crippen LogP contribution in [0.1, 0.15) is 39.5 Å². The lowest BCUT2D eigenvalue weighted by Crippen LogP contribution is -2.47. The Hall–Kier alpha value is -0.660. The maximum absolute atomic E-state index is 11.6. The SMILES string of the molecule is COC(=O)CS(=O)(=O)NCC1(O)CCC(C)(C)CC1. The summed E-state index contributed by atoms with van der Waals surface area (Å²) < 4.78 is 29.8. The highest BCUT2D eigenvalue weighted by molar-refractivity contribution is 7.90. The minimum absolute atomic E-state index is 0.0532. The number of nitrogens with one attached hydrogen (secondary N) is 1. The lowest BCUT2D eigenvalue weighted by molar-refractivity contribution is -0.137. The molecule has 0 aromatic heterocycles. The Morgan fingerprint density at radius 2 is 1.79 bits per heavy atom. The van der Waals surface area contributed by atoms with E-state index in [1.165, 1.54) is 0 Å². The van der Waals surface area contributed by atoms with Gasteiger partial charge >= 0.3 is 5.97 Å². The first kappa shape index (κ1) is 16.4. The van der Waals surface area contributed by atoms with Crippen molar-refractivity contribution in [2.75, 3.05) is 19.4 Å². The van der Waals surface area contributed by atoms with Gasteiger partial charge in [-0.2, -0.15) is 0 Å². The summed E-state index contributed by atoms with van der Waals surface area (Å²) in [4.78, 5) is 10.9. The van der Waals surface area contributed by atoms with E-state index in [0.717, 1.165) is 20.0 Å². The van der Waals surface area contributed by atoms with Gasteiger partial charge in [-0.05, 0) is 31.1 Å². The molecule has 0 atom stereocenters. The number of hydrogen-bond donors (Lipinski definition) is 2. The molecule has 1 fully saturated rings. The molecule has 7 heteroatoms. The van der Waals surface area contributed by atoms with E-state index < -0.39 is 27.3 Å². The minimum atomic E-state index is -3.74. The molecule has 0 unspecified atom stereocenters. The van der Waals surface area contributed by atoms with Crippen molar-refractivity contribution in [3.8, 4) is 0 Å². The van der Waals surface area contributed by atoms with Gasteiger partial charge in [-0.1, -0.05) is 13.8 Å². The average molecular weight is 293 g/mol. The molecule has 0 heterocycles. The Morgan fingerprint density at radius 1 is 1.26 bits per heavy atom. The van der Waals surface area contributed by atoms with Crippen LogP contribution < -0.4 is 4.72 Å². The quantitative estimate of drug-likeness (QED) is 0.716. The van der Waals surface area contributed by atoms with Crippen molar-refractivity contribution in [2.24, 2.45) is 5.41 Å². The molecule has 0 radical (unpaired) electrons. The fourth-order valence-corrected chi connectivity index (χ4v) is 3.10. The van der Waals surface area contributed by atoms with Crippen molar-refractivity contribution in [1.29, 1.82) is 0 Å². The highest BCUT2D eigenvalue weighted by atomic mass is 32.2. The maximum Gasteiger partial charge on any atom is 0.322 e. The first-order valence-electron chi connectivity index (χ1n) is 6.34. The van der Waals surface area contributed by atoms with E-state index in [0.29, 0.717) is 12.8 Å². The van der Waals surface area contributed by atoms with Gasteiger partial charge in [0.15, 0.2) is 5.75 Å². The van der Waals surface area contributed by atoms with E-state index in [4.69, 9.17) is 0 Å². The van der Waals surface area contributed by atoms with E-state index >= 15 is 0 Å². The van der Waals surface area contributed by atoms with Crippen LogP contribution in [0.4, 0.5) is 0 Å². The van der Waals surface area contributed by atoms with Gasteiger partial charge in [0.2, 0.25) is 10.0 Å². The number of carbonyl (C=O) groups excluding carboxylic acids is 1. The first-order chi connectivity index (χ1) is 8.58. The molecule has 0 aliphatic heterocycles. The van der Waals surface area contributed by atoms with Crippen molar-refractivity contribution in [2.45, 2.75) is 45.1 Å². The van der Waals surface area contributed by atoms with Crippen molar-refractivity contribution < 1.29 is 23.1 Å². The van der Waals surface area contributed by atoms with Gasteiger partial charge in [-0.3, -0.25) is 4.79 Å². The molecule has 1 rings (SSSR count). The minimum Gasteiger partial charge on any atom is -0.468 e. The van der Waals surface area contributed by atoms with Crippen LogP contribution in [0.5, 0.6) is 0 Å². The second-order valence-corrected chi connectivity index (χ2v) is 7.85. The number of hydrogen-bond acceptors (Lipinski definition) is 5. The van der Waals surface area contributed by atoms with Crippen LogP contribution >= 0.6 is 0 Å². The smallest absolute Gasteiger partial charge is 0.322 e. The van der Waals surface area contributed by atoms with E-state index in [2.05, 4.69) is 23.3 Å². The molecular formula is C12H23NO5S. The fraction of sp³-hybridized carbons (Fsp3) is 0.917. The number of ether oxygens (including phenoxy) is 1. The summed E-state index contributed by atoms with van der Waals surface area (Å²) in [6, 6.07) is 0. The van der Waals surface area contributed by atoms with Gasteiger partial charge in [0.25, 0.3) is 0 Å². The Morgan fingerprint density at radius 3 is 2.26 bits per heavy atom. The van der Waals surface area contributed by atoms with Crippen LogP contribution in [0.15, 0.2) is 0 Å². The molecule has 0 amide bonds. The summed E-state index contributed by atoms with van der Waals surface area (Å²) in [5.41, 5.74) is -0.824. The van der Waals surface area contributed by atoms with Crippen LogP contribution in [0, 0.1) is 5.41 Å². The van der Waals surface area contributed by atoms with Crippen LogP contribution in [-0.2, 0) is 19.6 Å². The van der Waals surface area contributed by atoms with E-state index in [-0.39, 0.29) is 12.0 Å². The zero-order valence-electron chi connectivity index (χ0n) is 11.7. The Kier molecular flexibility index (Phi) is 4.97. The molecule has 0 spiro atoms. The Balaban J connectivity index is 2.50. The van der Waals surface area contributed by atoms with E-state index in [9.17, 15) is 18.3 Å². The van der Waals surface area contributed by atoms with Crippen molar-refractivity contribution in [1.82, 2.24) is 4.72 Å². The van der Waals surface area contributed by atoms with Crippen LogP contribution in [0.3, 0.4) is 0 Å². The number of sulfonamides is 1. The van der Waals surface area contributed by atoms with Gasteiger partial charge in [-0.15, -0.1) is 0 Å². The lowest BCUT2D eigenvalue weighted by atomic mass is 9.71. The zero-order chi connectivity index (χ0) is 14.7. The average Bonchev–Trinajstić information content (AvgIpc) is 2.31. The van der Waals surface area contributed by atoms with E-state index in [1.807, 2.05) is 0 Å². The number of methoxy groups -OCH3 is 1. The lowest BCUT2D eigenvalue weighted by Gasteiger charge is -2.40. The van der Waals surface area contributed by atoms with Crippen molar-refractivity contribution >= 4 is 16.0 Å². The molecule has 6 nitrogen and oxygen atoms in total. The molecule has 1 aliphatic rings. The molecule has 19 heavy (non-hydrogen) atoms. The van der Waals surface area contributed by atoms with Crippen molar-refractivity contribution in [3.05, 3.63) is 0 Å². The molecular weight excluding hydrogens is 270 g/mol. The summed E-state index contributed by atoms with van der Waals surface area (Å²) in [6.07, 6.45) is 2.81. The fourth-order valence-electron chi connectivity index (χ4n) is 2.08. The summed E-state index contributed by atoms with van der Waals surface area (Å²) in [5, 5.41) is 10.3. The van der Waals surface area contributed by atoms with Crippen molar-refractivity contribution in [3.63, 3.8) is 0 Å². The van der Waals surface area contributed by atoms with Crippen LogP contribution in [0.2, 0.25) is 0 Å². The molecule has 1 saturated carbocycles. The van der Waals surface area contributed by atoms with Gasteiger partial charge in [0.1, 0.15) is 0 Å². The third kappa shape index (κ3) is 5.46. The molecule has 0 bridgehead atoms. The number of rotatable bonds is 5. The summed E-state index contributed by atoms with van der Waals surface area (Å²) >= 11 is 0. The summed E-state index contributed by atoms with van der Waals surface area (Å²) in [5.74, 6) is -1.53. The topological polar surface area (TPSA) is 92.7 Å². The van der Waals surface area contributed by atoms with Gasteiger partial charge in [0, 0.05) is 6.54 Å². The predicted molar refractivity (Wildman–Crippen MR) is 71.0 cm³/mol. The monoisotopic (exact) mass is 293 g/mol. The summed E-state index contributed by atoms with van der Waals surface area (Å²) in [6.45, 7) is 4.21. The Bertz CT molecular complexity index is 419. The second kappa shape index (κ2) is 5.76. The van der Waals surface area contributed by atoms with Gasteiger partial charge in [0.05, 0.1) is 12.7 Å². The number of esters is 1.